The predicted octanol–water partition coefficient (Wildman–Crippen LogP) is 6.66. The lowest BCUT2D eigenvalue weighted by molar-refractivity contribution is 0.1000. The summed E-state index contributed by atoms with van der Waals surface area (Å²) in [4.78, 5) is 14.1. The van der Waals surface area contributed by atoms with Crippen molar-refractivity contribution in [3.63, 3.8) is 0 Å². The molecule has 0 spiro atoms. The molecule has 1 saturated heterocycles. The third-order valence-electron chi connectivity index (χ3n) is 7.41. The van der Waals surface area contributed by atoms with E-state index in [1.54, 1.807) is 6.07 Å². The molecular formula is C31H32ClF2N5O. The number of nitrogens with zero attached hydrogens (tertiary/aromatic N) is 3. The summed E-state index contributed by atoms with van der Waals surface area (Å²) < 4.78 is 29.0. The maximum absolute atomic E-state index is 14.5. The standard InChI is InChI=1S/C31H32ClF2N5O/c1-3-4-7-36-24-5-8-39(9-6-24)30-26-16-25(19-12-21(31(35)40)15-23(34)13-19)27(32)17-28(26)37-38-29(30)20-10-18(2)11-22(33)14-20/h10-17,24,36H,3-9H2,1-2H3,(H2,35,40). The van der Waals surface area contributed by atoms with Gasteiger partial charge in [0.2, 0.25) is 5.91 Å². The number of carbonyl (C=O) groups is 1. The molecule has 1 aliphatic rings. The molecule has 208 valence electrons. The number of aromatic nitrogens is 2. The molecule has 0 aliphatic carbocycles. The number of amides is 1. The highest BCUT2D eigenvalue weighted by Crippen LogP contribution is 2.41. The molecule has 0 unspecified atom stereocenters. The summed E-state index contributed by atoms with van der Waals surface area (Å²) in [5.41, 5.74) is 9.80. The van der Waals surface area contributed by atoms with Gasteiger partial charge in [-0.2, -0.15) is 0 Å². The van der Waals surface area contributed by atoms with Crippen molar-refractivity contribution in [2.45, 2.75) is 45.6 Å². The molecule has 0 bridgehead atoms. The minimum absolute atomic E-state index is 0.0489. The van der Waals surface area contributed by atoms with Crippen molar-refractivity contribution in [3.8, 4) is 22.4 Å². The quantitative estimate of drug-likeness (QED) is 0.234. The zero-order valence-corrected chi connectivity index (χ0v) is 23.4. The van der Waals surface area contributed by atoms with Gasteiger partial charge in [0, 0.05) is 41.2 Å². The Labute approximate surface area is 237 Å². The minimum Gasteiger partial charge on any atom is -0.369 e. The van der Waals surface area contributed by atoms with E-state index in [4.69, 9.17) is 17.3 Å². The Morgan fingerprint density at radius 2 is 1.75 bits per heavy atom. The van der Waals surface area contributed by atoms with Gasteiger partial charge in [-0.15, -0.1) is 10.2 Å². The van der Waals surface area contributed by atoms with Gasteiger partial charge in [-0.1, -0.05) is 24.9 Å². The van der Waals surface area contributed by atoms with Gasteiger partial charge in [-0.05, 0) is 92.4 Å². The zero-order valence-electron chi connectivity index (χ0n) is 22.6. The Bertz CT molecular complexity index is 1550. The normalized spacial score (nSPS) is 14.2. The second kappa shape index (κ2) is 11.9. The van der Waals surface area contributed by atoms with Crippen LogP contribution in [-0.4, -0.2) is 41.8 Å². The van der Waals surface area contributed by atoms with Gasteiger partial charge < -0.3 is 16.0 Å². The number of primary amides is 1. The summed E-state index contributed by atoms with van der Waals surface area (Å²) in [6, 6.07) is 12.7. The smallest absolute Gasteiger partial charge is 0.248 e. The molecule has 0 saturated carbocycles. The molecule has 2 heterocycles. The van der Waals surface area contributed by atoms with Gasteiger partial charge in [0.05, 0.1) is 16.2 Å². The second-order valence-electron chi connectivity index (χ2n) is 10.4. The first-order valence-corrected chi connectivity index (χ1v) is 14.0. The fourth-order valence-corrected chi connectivity index (χ4v) is 5.67. The van der Waals surface area contributed by atoms with E-state index in [-0.39, 0.29) is 11.4 Å². The Morgan fingerprint density at radius 3 is 2.45 bits per heavy atom. The van der Waals surface area contributed by atoms with Crippen LogP contribution in [0.1, 0.15) is 48.5 Å². The number of aryl methyl sites for hydroxylation is 1. The lowest BCUT2D eigenvalue weighted by atomic mass is 9.97. The van der Waals surface area contributed by atoms with E-state index in [2.05, 4.69) is 27.3 Å². The summed E-state index contributed by atoms with van der Waals surface area (Å²) in [6.45, 7) is 6.57. The number of nitrogens with two attached hydrogens (primary N) is 1. The maximum atomic E-state index is 14.5. The minimum atomic E-state index is -0.733. The van der Waals surface area contributed by atoms with E-state index >= 15 is 0 Å². The highest BCUT2D eigenvalue weighted by Gasteiger charge is 2.25. The van der Waals surface area contributed by atoms with Crippen molar-refractivity contribution in [2.75, 3.05) is 24.5 Å². The number of hydrogen-bond acceptors (Lipinski definition) is 5. The highest BCUT2D eigenvalue weighted by atomic mass is 35.5. The first kappa shape index (κ1) is 27.9. The van der Waals surface area contributed by atoms with Gasteiger partial charge in [-0.25, -0.2) is 8.78 Å². The predicted molar refractivity (Wildman–Crippen MR) is 157 cm³/mol. The van der Waals surface area contributed by atoms with Crippen LogP contribution in [0.15, 0.2) is 48.5 Å². The molecule has 9 heteroatoms. The Balaban J connectivity index is 1.66. The highest BCUT2D eigenvalue weighted by molar-refractivity contribution is 6.34. The molecule has 3 N–H and O–H groups in total. The summed E-state index contributed by atoms with van der Waals surface area (Å²) in [6.07, 6.45) is 4.18. The fraction of sp³-hybridized carbons (Fsp3) is 0.323. The summed E-state index contributed by atoms with van der Waals surface area (Å²) >= 11 is 6.66. The summed E-state index contributed by atoms with van der Waals surface area (Å²) in [5, 5.41) is 13.8. The first-order valence-electron chi connectivity index (χ1n) is 13.6. The van der Waals surface area contributed by atoms with E-state index in [1.807, 2.05) is 19.1 Å². The molecule has 3 aromatic carbocycles. The van der Waals surface area contributed by atoms with E-state index in [1.165, 1.54) is 24.3 Å². The number of unbranched alkanes of at least 4 members (excludes halogenated alkanes) is 1. The zero-order chi connectivity index (χ0) is 28.4. The molecule has 1 fully saturated rings. The third-order valence-corrected chi connectivity index (χ3v) is 7.72. The molecular weight excluding hydrogens is 532 g/mol. The second-order valence-corrected chi connectivity index (χ2v) is 10.8. The van der Waals surface area contributed by atoms with Gasteiger partial charge in [0.15, 0.2) is 0 Å². The van der Waals surface area contributed by atoms with Crippen LogP contribution in [0, 0.1) is 18.6 Å². The molecule has 5 rings (SSSR count). The van der Waals surface area contributed by atoms with Crippen molar-refractivity contribution in [3.05, 3.63) is 76.3 Å². The molecule has 6 nitrogen and oxygen atoms in total. The Hall–Kier alpha value is -3.62. The molecule has 4 aromatic rings. The number of hydrogen-bond donors (Lipinski definition) is 2. The van der Waals surface area contributed by atoms with E-state index in [9.17, 15) is 13.6 Å². The van der Waals surface area contributed by atoms with Crippen LogP contribution in [0.2, 0.25) is 5.02 Å². The molecule has 1 aromatic heterocycles. The number of nitrogens with one attached hydrogen (secondary N) is 1. The molecule has 0 radical (unpaired) electrons. The number of fused-ring (bicyclic) bond motifs is 1. The van der Waals surface area contributed by atoms with Gasteiger partial charge in [0.1, 0.15) is 17.3 Å². The summed E-state index contributed by atoms with van der Waals surface area (Å²) in [7, 11) is 0. The monoisotopic (exact) mass is 563 g/mol. The topological polar surface area (TPSA) is 84.1 Å². The van der Waals surface area contributed by atoms with Crippen LogP contribution < -0.4 is 16.0 Å². The number of anilines is 1. The Morgan fingerprint density at radius 1 is 1.02 bits per heavy atom. The lowest BCUT2D eigenvalue weighted by Gasteiger charge is -2.35. The number of carbonyl (C=O) groups excluding carboxylic acids is 1. The van der Waals surface area contributed by atoms with Gasteiger partial charge in [-0.3, -0.25) is 4.79 Å². The average Bonchev–Trinajstić information content (AvgIpc) is 2.91. The first-order chi connectivity index (χ1) is 19.2. The molecule has 0 atom stereocenters. The molecule has 1 amide bonds. The third kappa shape index (κ3) is 5.93. The summed E-state index contributed by atoms with van der Waals surface area (Å²) in [5.74, 6) is -1.68. The van der Waals surface area contributed by atoms with Crippen LogP contribution in [0.25, 0.3) is 33.3 Å². The van der Waals surface area contributed by atoms with E-state index in [0.717, 1.165) is 68.0 Å². The number of halogens is 3. The number of piperidine rings is 1. The van der Waals surface area contributed by atoms with Crippen LogP contribution in [0.5, 0.6) is 0 Å². The van der Waals surface area contributed by atoms with E-state index < -0.39 is 11.7 Å². The van der Waals surface area contributed by atoms with Crippen LogP contribution in [-0.2, 0) is 0 Å². The van der Waals surface area contributed by atoms with Gasteiger partial charge >= 0.3 is 0 Å². The van der Waals surface area contributed by atoms with Crippen LogP contribution in [0.3, 0.4) is 0 Å². The van der Waals surface area contributed by atoms with Crippen molar-refractivity contribution >= 4 is 34.1 Å². The SMILES string of the molecule is CCCCNC1CCN(c2c(-c3cc(C)cc(F)c3)nnc3cc(Cl)c(-c4cc(F)cc(C(N)=O)c4)cc23)CC1. The fourth-order valence-electron chi connectivity index (χ4n) is 5.40. The van der Waals surface area contributed by atoms with Gasteiger partial charge in [0.25, 0.3) is 0 Å². The number of rotatable bonds is 8. The average molecular weight is 564 g/mol. The molecule has 40 heavy (non-hydrogen) atoms. The van der Waals surface area contributed by atoms with Crippen molar-refractivity contribution in [1.29, 1.82) is 0 Å². The maximum Gasteiger partial charge on any atom is 0.248 e. The van der Waals surface area contributed by atoms with Crippen LogP contribution in [0.4, 0.5) is 14.5 Å². The number of benzene rings is 3. The van der Waals surface area contributed by atoms with Crippen LogP contribution >= 0.6 is 11.6 Å². The van der Waals surface area contributed by atoms with Crippen molar-refractivity contribution in [2.24, 2.45) is 5.73 Å². The lowest BCUT2D eigenvalue weighted by Crippen LogP contribution is -2.43. The van der Waals surface area contributed by atoms with E-state index in [0.29, 0.717) is 39.0 Å². The van der Waals surface area contributed by atoms with Crippen molar-refractivity contribution < 1.29 is 13.6 Å². The van der Waals surface area contributed by atoms with Crippen molar-refractivity contribution in [1.82, 2.24) is 15.5 Å². The largest absolute Gasteiger partial charge is 0.369 e. The molecule has 1 aliphatic heterocycles. The Kier molecular flexibility index (Phi) is 8.28.